The molecule has 1 unspecified atom stereocenters. The van der Waals surface area contributed by atoms with Gasteiger partial charge in [0.15, 0.2) is 0 Å². The summed E-state index contributed by atoms with van der Waals surface area (Å²) in [7, 11) is 0. The molecule has 24 heavy (non-hydrogen) atoms. The Balaban J connectivity index is 2.28. The normalized spacial score (nSPS) is 13.3. The van der Waals surface area contributed by atoms with Crippen LogP contribution in [0.15, 0.2) is 42.6 Å². The number of hydrogen-bond acceptors (Lipinski definition) is 4. The number of rotatable bonds is 7. The van der Waals surface area contributed by atoms with Gasteiger partial charge in [-0.3, -0.25) is 9.78 Å². The van der Waals surface area contributed by atoms with E-state index in [1.165, 1.54) is 6.20 Å². The summed E-state index contributed by atoms with van der Waals surface area (Å²) in [6.45, 7) is 1.82. The van der Waals surface area contributed by atoms with Crippen molar-refractivity contribution >= 4 is 34.7 Å². The number of halogens is 2. The molecule has 0 radical (unpaired) electrons. The minimum atomic E-state index is -0.607. The number of nitrogens with one attached hydrogen (secondary N) is 1. The van der Waals surface area contributed by atoms with E-state index in [9.17, 15) is 9.90 Å². The van der Waals surface area contributed by atoms with Gasteiger partial charge in [-0.2, -0.15) is 0 Å². The molecule has 2 aromatic rings. The van der Waals surface area contributed by atoms with E-state index >= 15 is 0 Å². The third-order valence-electron chi connectivity index (χ3n) is 4.02. The second-order valence-electron chi connectivity index (χ2n) is 5.86. The molecule has 1 aromatic heterocycles. The zero-order chi connectivity index (χ0) is 17.7. The van der Waals surface area contributed by atoms with Crippen LogP contribution in [0.25, 0.3) is 0 Å². The summed E-state index contributed by atoms with van der Waals surface area (Å²) in [5, 5.41) is 18.5. The molecule has 0 spiro atoms. The molecule has 0 saturated carbocycles. The van der Waals surface area contributed by atoms with Crippen LogP contribution < -0.4 is 0 Å². The second kappa shape index (κ2) is 7.88. The Bertz CT molecular complexity index is 750. The van der Waals surface area contributed by atoms with E-state index < -0.39 is 11.2 Å². The number of nitrogens with zero attached hydrogens (tertiary/aromatic N) is 1. The first-order valence-corrected chi connectivity index (χ1v) is 8.22. The molecule has 0 aliphatic rings. The molecular formula is C18H18Cl2N2O2. The lowest BCUT2D eigenvalue weighted by atomic mass is 9.75. The summed E-state index contributed by atoms with van der Waals surface area (Å²) < 4.78 is 0. The summed E-state index contributed by atoms with van der Waals surface area (Å²) in [6.07, 6.45) is 2.08. The highest BCUT2D eigenvalue weighted by Crippen LogP contribution is 2.35. The molecular weight excluding hydrogens is 347 g/mol. The summed E-state index contributed by atoms with van der Waals surface area (Å²) in [5.41, 5.74) is 0.396. The lowest BCUT2D eigenvalue weighted by Crippen LogP contribution is -2.30. The van der Waals surface area contributed by atoms with Gasteiger partial charge in [-0.1, -0.05) is 42.3 Å². The van der Waals surface area contributed by atoms with Gasteiger partial charge < -0.3 is 10.5 Å². The third kappa shape index (κ3) is 4.20. The van der Waals surface area contributed by atoms with Crippen molar-refractivity contribution in [3.05, 3.63) is 63.9 Å². The number of Topliss-reactive ketones (excluding diaryl/α,β-unsaturated/α-hetero) is 1. The summed E-state index contributed by atoms with van der Waals surface area (Å²) >= 11 is 12.0. The fourth-order valence-corrected chi connectivity index (χ4v) is 2.87. The van der Waals surface area contributed by atoms with Crippen LogP contribution >= 0.6 is 23.2 Å². The van der Waals surface area contributed by atoms with E-state index in [0.717, 1.165) is 5.56 Å². The first-order chi connectivity index (χ1) is 11.4. The number of aromatic nitrogens is 1. The highest BCUT2D eigenvalue weighted by atomic mass is 35.5. The molecule has 0 amide bonds. The molecule has 0 bridgehead atoms. The number of hydrogen-bond donors (Lipinski definition) is 2. The molecule has 1 aromatic carbocycles. The van der Waals surface area contributed by atoms with Gasteiger partial charge in [-0.05, 0) is 36.2 Å². The highest BCUT2D eigenvalue weighted by molar-refractivity contribution is 6.44. The van der Waals surface area contributed by atoms with Gasteiger partial charge >= 0.3 is 0 Å². The van der Waals surface area contributed by atoms with Gasteiger partial charge in [0.25, 0.3) is 0 Å². The lowest BCUT2D eigenvalue weighted by molar-refractivity contribution is 0.105. The van der Waals surface area contributed by atoms with Gasteiger partial charge in [-0.25, -0.2) is 0 Å². The monoisotopic (exact) mass is 364 g/mol. The SMILES string of the molecule is CC(CCO)(CC(=N)C(=O)c1ccccn1)c1ccc(Cl)c(Cl)c1. The highest BCUT2D eigenvalue weighted by Gasteiger charge is 2.31. The largest absolute Gasteiger partial charge is 0.396 e. The van der Waals surface area contributed by atoms with Crippen LogP contribution in [0.4, 0.5) is 0 Å². The van der Waals surface area contributed by atoms with Gasteiger partial charge in [0.1, 0.15) is 5.69 Å². The Morgan fingerprint density at radius 3 is 2.58 bits per heavy atom. The fourth-order valence-electron chi connectivity index (χ4n) is 2.58. The molecule has 4 nitrogen and oxygen atoms in total. The maximum Gasteiger partial charge on any atom is 0.224 e. The van der Waals surface area contributed by atoms with E-state index in [0.29, 0.717) is 16.5 Å². The molecule has 0 aliphatic carbocycles. The van der Waals surface area contributed by atoms with Crippen LogP contribution in [0.3, 0.4) is 0 Å². The first-order valence-electron chi connectivity index (χ1n) is 7.47. The van der Waals surface area contributed by atoms with Gasteiger partial charge in [0, 0.05) is 24.6 Å². The van der Waals surface area contributed by atoms with Crippen LogP contribution in [0.5, 0.6) is 0 Å². The fraction of sp³-hybridized carbons (Fsp3) is 0.278. The molecule has 1 heterocycles. The van der Waals surface area contributed by atoms with Gasteiger partial charge in [-0.15, -0.1) is 0 Å². The smallest absolute Gasteiger partial charge is 0.224 e. The minimum absolute atomic E-state index is 0.0595. The quantitative estimate of drug-likeness (QED) is 0.567. The average molecular weight is 365 g/mol. The zero-order valence-corrected chi connectivity index (χ0v) is 14.7. The lowest BCUT2D eigenvalue weighted by Gasteiger charge is -2.30. The standard InChI is InChI=1S/C18H18Cl2N2O2/c1-18(7-9-23,12-5-6-13(19)14(20)10-12)11-15(21)17(24)16-4-2-3-8-22-16/h2-6,8,10,21,23H,7,9,11H2,1H3. The zero-order valence-electron chi connectivity index (χ0n) is 13.2. The van der Waals surface area contributed by atoms with Crippen LogP contribution in [0, 0.1) is 5.41 Å². The van der Waals surface area contributed by atoms with Crippen LogP contribution in [-0.4, -0.2) is 28.2 Å². The molecule has 2 rings (SSSR count). The third-order valence-corrected chi connectivity index (χ3v) is 4.76. The molecule has 0 aliphatic heterocycles. The number of benzene rings is 1. The number of carbonyl (C=O) groups excluding carboxylic acids is 1. The van der Waals surface area contributed by atoms with E-state index in [-0.39, 0.29) is 24.4 Å². The number of ketones is 1. The Labute approximate surface area is 151 Å². The van der Waals surface area contributed by atoms with E-state index in [4.69, 9.17) is 28.6 Å². The summed E-state index contributed by atoms with van der Waals surface area (Å²) in [5.74, 6) is -0.417. The number of aliphatic hydroxyl groups is 1. The van der Waals surface area contributed by atoms with E-state index in [1.807, 2.05) is 13.0 Å². The molecule has 126 valence electrons. The molecule has 0 saturated heterocycles. The van der Waals surface area contributed by atoms with Crippen molar-refractivity contribution in [2.75, 3.05) is 6.61 Å². The maximum atomic E-state index is 12.4. The second-order valence-corrected chi connectivity index (χ2v) is 6.68. The minimum Gasteiger partial charge on any atom is -0.396 e. The van der Waals surface area contributed by atoms with Gasteiger partial charge in [0.2, 0.25) is 5.78 Å². The van der Waals surface area contributed by atoms with Crippen molar-refractivity contribution in [1.82, 2.24) is 4.98 Å². The van der Waals surface area contributed by atoms with Crippen molar-refractivity contribution < 1.29 is 9.90 Å². The maximum absolute atomic E-state index is 12.4. The van der Waals surface area contributed by atoms with Crippen LogP contribution in [0.1, 0.15) is 35.8 Å². The summed E-state index contributed by atoms with van der Waals surface area (Å²) in [6, 6.07) is 10.2. The van der Waals surface area contributed by atoms with Crippen molar-refractivity contribution in [3.8, 4) is 0 Å². The molecule has 0 fully saturated rings. The summed E-state index contributed by atoms with van der Waals surface area (Å²) in [4.78, 5) is 16.4. The molecule has 2 N–H and O–H groups in total. The predicted octanol–water partition coefficient (Wildman–Crippen LogP) is 4.32. The van der Waals surface area contributed by atoms with Crippen molar-refractivity contribution in [2.45, 2.75) is 25.2 Å². The van der Waals surface area contributed by atoms with Gasteiger partial charge in [0.05, 0.1) is 15.8 Å². The van der Waals surface area contributed by atoms with Crippen molar-refractivity contribution in [2.24, 2.45) is 0 Å². The number of aliphatic hydroxyl groups excluding tert-OH is 1. The van der Waals surface area contributed by atoms with E-state index in [1.54, 1.807) is 30.3 Å². The molecule has 1 atom stereocenters. The van der Waals surface area contributed by atoms with Crippen molar-refractivity contribution in [1.29, 1.82) is 5.41 Å². The van der Waals surface area contributed by atoms with Crippen LogP contribution in [0.2, 0.25) is 10.0 Å². The average Bonchev–Trinajstić information content (AvgIpc) is 2.57. The Kier molecular flexibility index (Phi) is 6.10. The first kappa shape index (κ1) is 18.6. The van der Waals surface area contributed by atoms with E-state index in [2.05, 4.69) is 4.98 Å². The Hall–Kier alpha value is -1.75. The predicted molar refractivity (Wildman–Crippen MR) is 96.4 cm³/mol. The number of pyridine rings is 1. The van der Waals surface area contributed by atoms with Crippen LogP contribution in [-0.2, 0) is 5.41 Å². The Morgan fingerprint density at radius 1 is 1.25 bits per heavy atom. The Morgan fingerprint density at radius 2 is 2.00 bits per heavy atom. The topological polar surface area (TPSA) is 74.0 Å². The molecule has 6 heteroatoms. The van der Waals surface area contributed by atoms with Crippen molar-refractivity contribution in [3.63, 3.8) is 0 Å². The number of carbonyl (C=O) groups is 1.